The molecule has 21 heavy (non-hydrogen) atoms. The Kier molecular flexibility index (Phi) is 9.89. The van der Waals surface area contributed by atoms with Crippen LogP contribution < -0.4 is 4.74 Å². The topological polar surface area (TPSA) is 21.6 Å². The maximum absolute atomic E-state index is 5.14. The van der Waals surface area contributed by atoms with Crippen LogP contribution in [0.25, 0.3) is 0 Å². The molecule has 0 fully saturated rings. The van der Waals surface area contributed by atoms with Crippen LogP contribution in [0.15, 0.2) is 40.8 Å². The van der Waals surface area contributed by atoms with E-state index in [1.807, 2.05) is 32.2 Å². The van der Waals surface area contributed by atoms with E-state index >= 15 is 0 Å². The molecule has 0 radical (unpaired) electrons. The molecule has 0 aromatic heterocycles. The number of hydrogen-bond acceptors (Lipinski definition) is 3. The molecule has 0 saturated heterocycles. The summed E-state index contributed by atoms with van der Waals surface area (Å²) in [6.07, 6.45) is 3.79. The Bertz CT molecular complexity index is 430. The minimum Gasteiger partial charge on any atom is -0.497 e. The van der Waals surface area contributed by atoms with E-state index in [1.54, 1.807) is 19.1 Å². The highest BCUT2D eigenvalue weighted by molar-refractivity contribution is 7.99. The Morgan fingerprint density at radius 3 is 2.29 bits per heavy atom. The van der Waals surface area contributed by atoms with Gasteiger partial charge in [0.25, 0.3) is 0 Å². The molecule has 0 saturated carbocycles. The monoisotopic (exact) mass is 307 g/mol. The van der Waals surface area contributed by atoms with Crippen molar-refractivity contribution in [1.82, 2.24) is 0 Å². The van der Waals surface area contributed by atoms with E-state index in [-0.39, 0.29) is 4.75 Å². The zero-order valence-corrected chi connectivity index (χ0v) is 15.1. The molecule has 2 nitrogen and oxygen atoms in total. The summed E-state index contributed by atoms with van der Waals surface area (Å²) in [4.78, 5) is 0. The number of aryl methyl sites for hydroxylation is 1. The van der Waals surface area contributed by atoms with Gasteiger partial charge in [-0.1, -0.05) is 32.6 Å². The molecule has 0 amide bonds. The van der Waals surface area contributed by atoms with Crippen molar-refractivity contribution in [2.24, 2.45) is 4.40 Å². The van der Waals surface area contributed by atoms with Gasteiger partial charge in [-0.3, -0.25) is 0 Å². The normalized spacial score (nSPS) is 11.0. The van der Waals surface area contributed by atoms with E-state index < -0.39 is 0 Å². The third-order valence-electron chi connectivity index (χ3n) is 2.46. The van der Waals surface area contributed by atoms with Gasteiger partial charge in [0, 0.05) is 11.0 Å². The fourth-order valence-corrected chi connectivity index (χ4v) is 1.94. The van der Waals surface area contributed by atoms with Crippen LogP contribution in [0.3, 0.4) is 0 Å². The summed E-state index contributed by atoms with van der Waals surface area (Å²) < 4.78 is 9.65. The van der Waals surface area contributed by atoms with E-state index in [2.05, 4.69) is 43.9 Å². The Balaban J connectivity index is 0.00000191. The quantitative estimate of drug-likeness (QED) is 0.494. The van der Waals surface area contributed by atoms with E-state index in [4.69, 9.17) is 4.74 Å². The second-order valence-corrected chi connectivity index (χ2v) is 7.06. The Hall–Kier alpha value is -1.22. The number of ether oxygens (including phenoxy) is 1. The second kappa shape index (κ2) is 10.5. The summed E-state index contributed by atoms with van der Waals surface area (Å²) in [5, 5.41) is 0. The molecular formula is C18H29NOS. The van der Waals surface area contributed by atoms with Gasteiger partial charge >= 0.3 is 0 Å². The molecule has 0 aliphatic heterocycles. The lowest BCUT2D eigenvalue weighted by Gasteiger charge is -2.12. The molecule has 0 heterocycles. The molecule has 1 rings (SSSR count). The first-order chi connectivity index (χ1) is 9.90. The van der Waals surface area contributed by atoms with E-state index in [0.717, 1.165) is 24.2 Å². The SMILES string of the molecule is C=C(/C=N/SC(C)(C)C)CCc1ccc(OC)cc1.CC. The van der Waals surface area contributed by atoms with Crippen LogP contribution in [0.5, 0.6) is 5.75 Å². The highest BCUT2D eigenvalue weighted by Gasteiger charge is 2.08. The molecule has 0 aliphatic carbocycles. The summed E-state index contributed by atoms with van der Waals surface area (Å²) in [7, 11) is 1.68. The molecule has 1 aromatic rings. The maximum atomic E-state index is 5.14. The summed E-state index contributed by atoms with van der Waals surface area (Å²) in [5.41, 5.74) is 2.35. The van der Waals surface area contributed by atoms with Crippen molar-refractivity contribution < 1.29 is 4.74 Å². The largest absolute Gasteiger partial charge is 0.497 e. The highest BCUT2D eigenvalue weighted by Crippen LogP contribution is 2.24. The van der Waals surface area contributed by atoms with Gasteiger partial charge in [-0.25, -0.2) is 4.40 Å². The third-order valence-corrected chi connectivity index (χ3v) is 3.21. The van der Waals surface area contributed by atoms with Gasteiger partial charge in [0.2, 0.25) is 0 Å². The van der Waals surface area contributed by atoms with E-state index in [0.29, 0.717) is 0 Å². The average molecular weight is 308 g/mol. The van der Waals surface area contributed by atoms with Crippen LogP contribution in [-0.4, -0.2) is 18.1 Å². The summed E-state index contributed by atoms with van der Waals surface area (Å²) in [6, 6.07) is 8.16. The lowest BCUT2D eigenvalue weighted by Crippen LogP contribution is -2.05. The molecular weight excluding hydrogens is 278 g/mol. The molecule has 0 aliphatic rings. The zero-order chi connectivity index (χ0) is 16.3. The predicted molar refractivity (Wildman–Crippen MR) is 97.6 cm³/mol. The van der Waals surface area contributed by atoms with Crippen molar-refractivity contribution >= 4 is 18.2 Å². The molecule has 0 spiro atoms. The van der Waals surface area contributed by atoms with Crippen molar-refractivity contribution in [2.75, 3.05) is 7.11 Å². The number of nitrogens with zero attached hydrogens (tertiary/aromatic N) is 1. The Morgan fingerprint density at radius 1 is 1.24 bits per heavy atom. The molecule has 118 valence electrons. The summed E-state index contributed by atoms with van der Waals surface area (Å²) >= 11 is 1.58. The highest BCUT2D eigenvalue weighted by atomic mass is 32.2. The van der Waals surface area contributed by atoms with Crippen LogP contribution in [0.4, 0.5) is 0 Å². The zero-order valence-electron chi connectivity index (χ0n) is 14.3. The molecule has 0 N–H and O–H groups in total. The summed E-state index contributed by atoms with van der Waals surface area (Å²) in [5.74, 6) is 0.894. The molecule has 0 bridgehead atoms. The van der Waals surface area contributed by atoms with Gasteiger partial charge in [-0.2, -0.15) is 0 Å². The lowest BCUT2D eigenvalue weighted by atomic mass is 10.1. The smallest absolute Gasteiger partial charge is 0.118 e. The van der Waals surface area contributed by atoms with Gasteiger partial charge in [0.05, 0.1) is 7.11 Å². The fraction of sp³-hybridized carbons (Fsp3) is 0.500. The number of allylic oxidation sites excluding steroid dienone is 1. The third kappa shape index (κ3) is 10.2. The minimum atomic E-state index is 0.159. The molecule has 3 heteroatoms. The van der Waals surface area contributed by atoms with Crippen molar-refractivity contribution in [1.29, 1.82) is 0 Å². The van der Waals surface area contributed by atoms with Crippen molar-refractivity contribution in [3.05, 3.63) is 42.0 Å². The second-order valence-electron chi connectivity index (χ2n) is 5.44. The minimum absolute atomic E-state index is 0.159. The van der Waals surface area contributed by atoms with Gasteiger partial charge in [0.15, 0.2) is 0 Å². The van der Waals surface area contributed by atoms with Gasteiger partial charge < -0.3 is 4.74 Å². The van der Waals surface area contributed by atoms with Gasteiger partial charge in [0.1, 0.15) is 5.75 Å². The standard InChI is InChI=1S/C16H23NOS.C2H6/c1-13(12-17-19-16(2,3)4)6-7-14-8-10-15(18-5)11-9-14;1-2/h8-12H,1,6-7H2,2-5H3;1-2H3/b17-12+;. The fourth-order valence-electron chi connectivity index (χ4n) is 1.42. The van der Waals surface area contributed by atoms with Crippen LogP contribution in [0.1, 0.15) is 46.6 Å². The van der Waals surface area contributed by atoms with Crippen LogP contribution in [0.2, 0.25) is 0 Å². The van der Waals surface area contributed by atoms with Crippen molar-refractivity contribution in [3.63, 3.8) is 0 Å². The van der Waals surface area contributed by atoms with Crippen LogP contribution in [0, 0.1) is 0 Å². The maximum Gasteiger partial charge on any atom is 0.118 e. The first kappa shape index (κ1) is 19.8. The number of rotatable bonds is 6. The molecule has 1 aromatic carbocycles. The summed E-state index contributed by atoms with van der Waals surface area (Å²) in [6.45, 7) is 14.5. The van der Waals surface area contributed by atoms with Gasteiger partial charge in [-0.15, -0.1) is 0 Å². The van der Waals surface area contributed by atoms with Crippen LogP contribution >= 0.6 is 11.9 Å². The first-order valence-electron chi connectivity index (χ1n) is 7.43. The number of benzene rings is 1. The molecule has 0 unspecified atom stereocenters. The number of hydrogen-bond donors (Lipinski definition) is 0. The number of methoxy groups -OCH3 is 1. The predicted octanol–water partition coefficient (Wildman–Crippen LogP) is 5.73. The average Bonchev–Trinajstić information content (AvgIpc) is 2.46. The van der Waals surface area contributed by atoms with Crippen molar-refractivity contribution in [2.45, 2.75) is 52.2 Å². The molecule has 0 atom stereocenters. The Labute approximate surface area is 134 Å². The lowest BCUT2D eigenvalue weighted by molar-refractivity contribution is 0.414. The van der Waals surface area contributed by atoms with Crippen molar-refractivity contribution in [3.8, 4) is 5.75 Å². The first-order valence-corrected chi connectivity index (χ1v) is 8.20. The van der Waals surface area contributed by atoms with E-state index in [1.165, 1.54) is 5.56 Å². The van der Waals surface area contributed by atoms with Gasteiger partial charge in [-0.05, 0) is 68.8 Å². The van der Waals surface area contributed by atoms with E-state index in [9.17, 15) is 0 Å². The van der Waals surface area contributed by atoms with Crippen LogP contribution in [-0.2, 0) is 6.42 Å². The Morgan fingerprint density at radius 2 is 1.81 bits per heavy atom.